The van der Waals surface area contributed by atoms with E-state index in [2.05, 4.69) is 0 Å². The van der Waals surface area contributed by atoms with Crippen LogP contribution < -0.4 is 0 Å². The van der Waals surface area contributed by atoms with Crippen molar-refractivity contribution in [3.8, 4) is 0 Å². The van der Waals surface area contributed by atoms with Crippen LogP contribution in [0.3, 0.4) is 0 Å². The molecule has 13 heavy (non-hydrogen) atoms. The molecule has 0 radical (unpaired) electrons. The maximum Gasteiger partial charge on any atom is 0.284 e. The summed E-state index contributed by atoms with van der Waals surface area (Å²) in [7, 11) is 0. The molecule has 0 aliphatic heterocycles. The summed E-state index contributed by atoms with van der Waals surface area (Å²) in [5.74, 6) is 0. The van der Waals surface area contributed by atoms with Crippen molar-refractivity contribution in [2.45, 2.75) is 6.92 Å². The van der Waals surface area contributed by atoms with Crippen molar-refractivity contribution >= 4 is 23.6 Å². The average Bonchev–Trinajstić information content (AvgIpc) is 2.07. The molecule has 0 heterocycles. The lowest BCUT2D eigenvalue weighted by molar-refractivity contribution is -0.385. The third-order valence-corrected chi connectivity index (χ3v) is 2.00. The van der Waals surface area contributed by atoms with E-state index in [4.69, 9.17) is 11.6 Å². The Bertz CT molecular complexity index is 376. The van der Waals surface area contributed by atoms with Crippen molar-refractivity contribution < 1.29 is 9.72 Å². The Labute approximate surface area is 79.3 Å². The zero-order valence-corrected chi connectivity index (χ0v) is 7.54. The topological polar surface area (TPSA) is 60.2 Å². The molecule has 0 amide bonds. The maximum atomic E-state index is 10.5. The minimum absolute atomic E-state index is 0.0633. The summed E-state index contributed by atoms with van der Waals surface area (Å²) in [4.78, 5) is 20.5. The molecular formula is C8H6ClNO3. The van der Waals surface area contributed by atoms with Gasteiger partial charge in [-0.05, 0) is 13.0 Å². The van der Waals surface area contributed by atoms with Gasteiger partial charge >= 0.3 is 0 Å². The number of hydrogen-bond acceptors (Lipinski definition) is 3. The largest absolute Gasteiger partial charge is 0.298 e. The Balaban J connectivity index is 3.52. The highest BCUT2D eigenvalue weighted by molar-refractivity contribution is 6.33. The molecule has 0 atom stereocenters. The lowest BCUT2D eigenvalue weighted by Crippen LogP contribution is -1.97. The van der Waals surface area contributed by atoms with E-state index in [1.54, 1.807) is 6.92 Å². The van der Waals surface area contributed by atoms with Gasteiger partial charge in [0.15, 0.2) is 6.29 Å². The van der Waals surface area contributed by atoms with Gasteiger partial charge in [-0.2, -0.15) is 0 Å². The van der Waals surface area contributed by atoms with Gasteiger partial charge in [0, 0.05) is 5.56 Å². The van der Waals surface area contributed by atoms with Gasteiger partial charge in [-0.25, -0.2) is 0 Å². The Morgan fingerprint density at radius 3 is 2.54 bits per heavy atom. The van der Waals surface area contributed by atoms with Crippen LogP contribution in [0.2, 0.25) is 5.02 Å². The molecule has 0 spiro atoms. The van der Waals surface area contributed by atoms with E-state index in [1.807, 2.05) is 0 Å². The van der Waals surface area contributed by atoms with Gasteiger partial charge in [0.05, 0.1) is 9.95 Å². The molecule has 1 aromatic rings. The van der Waals surface area contributed by atoms with Gasteiger partial charge in [-0.3, -0.25) is 14.9 Å². The van der Waals surface area contributed by atoms with Gasteiger partial charge in [0.1, 0.15) is 5.56 Å². The lowest BCUT2D eigenvalue weighted by Gasteiger charge is -2.00. The fourth-order valence-electron chi connectivity index (χ4n) is 1.05. The average molecular weight is 200 g/mol. The van der Waals surface area contributed by atoms with Crippen molar-refractivity contribution in [2.75, 3.05) is 0 Å². The van der Waals surface area contributed by atoms with Crippen LogP contribution in [-0.2, 0) is 0 Å². The summed E-state index contributed by atoms with van der Waals surface area (Å²) in [6.45, 7) is 1.56. The first-order valence-corrected chi connectivity index (χ1v) is 3.84. The molecule has 4 nitrogen and oxygen atoms in total. The monoisotopic (exact) mass is 199 g/mol. The van der Waals surface area contributed by atoms with Crippen LogP contribution in [0.25, 0.3) is 0 Å². The number of nitrogens with zero attached hydrogens (tertiary/aromatic N) is 1. The quantitative estimate of drug-likeness (QED) is 0.417. The molecule has 0 aliphatic carbocycles. The van der Waals surface area contributed by atoms with E-state index in [0.717, 1.165) is 0 Å². The first-order chi connectivity index (χ1) is 6.07. The number of carbonyl (C=O) groups is 1. The predicted octanol–water partition coefficient (Wildman–Crippen LogP) is 2.37. The molecule has 0 saturated carbocycles. The molecule has 0 unspecified atom stereocenters. The van der Waals surface area contributed by atoms with E-state index in [1.165, 1.54) is 12.1 Å². The van der Waals surface area contributed by atoms with Crippen LogP contribution in [0.4, 0.5) is 5.69 Å². The number of benzene rings is 1. The predicted molar refractivity (Wildman–Crippen MR) is 48.2 cm³/mol. The number of aldehydes is 1. The van der Waals surface area contributed by atoms with Crippen LogP contribution in [0.15, 0.2) is 12.1 Å². The van der Waals surface area contributed by atoms with E-state index in [9.17, 15) is 14.9 Å². The van der Waals surface area contributed by atoms with Crippen molar-refractivity contribution in [1.29, 1.82) is 0 Å². The molecule has 0 saturated heterocycles. The molecule has 0 fully saturated rings. The molecule has 5 heteroatoms. The van der Waals surface area contributed by atoms with Crippen LogP contribution in [0.1, 0.15) is 15.9 Å². The SMILES string of the molecule is Cc1ccc(Cl)c(C=O)c1[N+](=O)[O-]. The molecule has 0 aromatic heterocycles. The number of rotatable bonds is 2. The summed E-state index contributed by atoms with van der Waals surface area (Å²) in [6.07, 6.45) is 0.396. The van der Waals surface area contributed by atoms with Gasteiger partial charge in [0.2, 0.25) is 0 Å². The molecule has 0 N–H and O–H groups in total. The Kier molecular flexibility index (Phi) is 2.63. The van der Waals surface area contributed by atoms with E-state index >= 15 is 0 Å². The van der Waals surface area contributed by atoms with Crippen LogP contribution in [0.5, 0.6) is 0 Å². The summed E-state index contributed by atoms with van der Waals surface area (Å²) in [5.41, 5.74) is 0.144. The minimum Gasteiger partial charge on any atom is -0.298 e. The second-order valence-electron chi connectivity index (χ2n) is 2.50. The molecule has 0 aliphatic rings. The Hall–Kier alpha value is -1.42. The Morgan fingerprint density at radius 1 is 1.54 bits per heavy atom. The highest BCUT2D eigenvalue weighted by atomic mass is 35.5. The summed E-state index contributed by atoms with van der Waals surface area (Å²) in [6, 6.07) is 2.97. The molecule has 0 bridgehead atoms. The fraction of sp³-hybridized carbons (Fsp3) is 0.125. The second-order valence-corrected chi connectivity index (χ2v) is 2.91. The number of aryl methyl sites for hydroxylation is 1. The molecule has 1 rings (SSSR count). The van der Waals surface area contributed by atoms with Crippen LogP contribution in [0, 0.1) is 17.0 Å². The smallest absolute Gasteiger partial charge is 0.284 e. The summed E-state index contributed by atoms with van der Waals surface area (Å²) >= 11 is 5.61. The zero-order valence-electron chi connectivity index (χ0n) is 6.78. The molecule has 68 valence electrons. The second kappa shape index (κ2) is 3.53. The van der Waals surface area contributed by atoms with Gasteiger partial charge < -0.3 is 0 Å². The van der Waals surface area contributed by atoms with Gasteiger partial charge in [0.25, 0.3) is 5.69 Å². The highest BCUT2D eigenvalue weighted by Crippen LogP contribution is 2.27. The van der Waals surface area contributed by atoms with Gasteiger partial charge in [-0.15, -0.1) is 0 Å². The number of nitro benzene ring substituents is 1. The number of nitro groups is 1. The number of halogens is 1. The zero-order chi connectivity index (χ0) is 10.0. The van der Waals surface area contributed by atoms with Crippen LogP contribution in [-0.4, -0.2) is 11.2 Å². The fourth-order valence-corrected chi connectivity index (χ4v) is 1.24. The first-order valence-electron chi connectivity index (χ1n) is 3.46. The third-order valence-electron chi connectivity index (χ3n) is 1.67. The van der Waals surface area contributed by atoms with Crippen LogP contribution >= 0.6 is 11.6 Å². The van der Waals surface area contributed by atoms with E-state index in [0.29, 0.717) is 11.8 Å². The molecule has 1 aromatic carbocycles. The van der Waals surface area contributed by atoms with E-state index < -0.39 is 4.92 Å². The van der Waals surface area contributed by atoms with E-state index in [-0.39, 0.29) is 16.3 Å². The van der Waals surface area contributed by atoms with Crippen molar-refractivity contribution in [2.24, 2.45) is 0 Å². The Morgan fingerprint density at radius 2 is 2.15 bits per heavy atom. The maximum absolute atomic E-state index is 10.5. The lowest BCUT2D eigenvalue weighted by atomic mass is 10.1. The number of carbonyl (C=O) groups excluding carboxylic acids is 1. The van der Waals surface area contributed by atoms with Crippen molar-refractivity contribution in [3.05, 3.63) is 38.4 Å². The van der Waals surface area contributed by atoms with Crippen molar-refractivity contribution in [1.82, 2.24) is 0 Å². The normalized spacial score (nSPS) is 9.69. The minimum atomic E-state index is -0.606. The highest BCUT2D eigenvalue weighted by Gasteiger charge is 2.19. The first kappa shape index (κ1) is 9.67. The summed E-state index contributed by atoms with van der Waals surface area (Å²) < 4.78 is 0. The van der Waals surface area contributed by atoms with Crippen molar-refractivity contribution in [3.63, 3.8) is 0 Å². The van der Waals surface area contributed by atoms with Gasteiger partial charge in [-0.1, -0.05) is 17.7 Å². The standard InChI is InChI=1S/C8H6ClNO3/c1-5-2-3-7(9)6(4-11)8(5)10(12)13/h2-4H,1H3. The number of hydrogen-bond donors (Lipinski definition) is 0. The third kappa shape index (κ3) is 1.67. The summed E-state index contributed by atoms with van der Waals surface area (Å²) in [5, 5.41) is 10.6. The molecular weight excluding hydrogens is 194 g/mol.